The number of aliphatic carboxylic acids is 1. The van der Waals surface area contributed by atoms with Gasteiger partial charge in [0.1, 0.15) is 5.75 Å². The summed E-state index contributed by atoms with van der Waals surface area (Å²) < 4.78 is 30.0. The molecule has 0 spiro atoms. The fraction of sp³-hybridized carbons (Fsp3) is 0.333. The lowest BCUT2D eigenvalue weighted by Crippen LogP contribution is -2.29. The van der Waals surface area contributed by atoms with Crippen molar-refractivity contribution >= 4 is 11.9 Å². The third-order valence-corrected chi connectivity index (χ3v) is 3.41. The van der Waals surface area contributed by atoms with E-state index in [4.69, 9.17) is 5.11 Å². The molecule has 25 heavy (non-hydrogen) atoms. The number of halogens is 2. The molecular weight excluding hydrogens is 338 g/mol. The number of hydrogen-bond donors (Lipinski definition) is 1. The molecule has 0 atom stereocenters. The minimum absolute atomic E-state index is 0.00113. The van der Waals surface area contributed by atoms with Gasteiger partial charge >= 0.3 is 12.6 Å². The van der Waals surface area contributed by atoms with Crippen LogP contribution in [-0.4, -0.2) is 57.1 Å². The lowest BCUT2D eigenvalue weighted by molar-refractivity contribution is -0.137. The molecule has 1 N–H and O–H groups in total. The van der Waals surface area contributed by atoms with Gasteiger partial charge in [0.05, 0.1) is 17.8 Å². The number of aromatic nitrogens is 3. The summed E-state index contributed by atoms with van der Waals surface area (Å²) in [5, 5.41) is 16.4. The Morgan fingerprint density at radius 3 is 2.52 bits per heavy atom. The molecule has 134 valence electrons. The Morgan fingerprint density at radius 1 is 1.32 bits per heavy atom. The van der Waals surface area contributed by atoms with E-state index in [1.807, 2.05) is 0 Å². The highest BCUT2D eigenvalue weighted by Crippen LogP contribution is 2.19. The number of benzene rings is 1. The van der Waals surface area contributed by atoms with E-state index in [2.05, 4.69) is 15.0 Å². The number of nitrogens with zero attached hydrogens (tertiary/aromatic N) is 4. The number of rotatable bonds is 7. The van der Waals surface area contributed by atoms with Crippen molar-refractivity contribution < 1.29 is 28.2 Å². The van der Waals surface area contributed by atoms with Gasteiger partial charge in [-0.15, -0.1) is 5.10 Å². The number of carbonyl (C=O) groups is 2. The number of carboxylic acid groups (broad SMARTS) is 1. The molecule has 0 aliphatic rings. The van der Waals surface area contributed by atoms with Crippen LogP contribution in [0.5, 0.6) is 5.75 Å². The first kappa shape index (κ1) is 18.3. The summed E-state index contributed by atoms with van der Waals surface area (Å²) in [4.78, 5) is 24.1. The maximum absolute atomic E-state index is 12.3. The molecule has 0 unspecified atom stereocenters. The summed E-state index contributed by atoms with van der Waals surface area (Å²) in [6, 6.07) is 5.70. The smallest absolute Gasteiger partial charge is 0.387 e. The first-order valence-electron chi connectivity index (χ1n) is 7.24. The first-order valence-corrected chi connectivity index (χ1v) is 7.24. The summed E-state index contributed by atoms with van der Waals surface area (Å²) in [6.07, 6.45) is -0.180. The van der Waals surface area contributed by atoms with Crippen LogP contribution in [0.4, 0.5) is 8.78 Å². The van der Waals surface area contributed by atoms with E-state index in [-0.39, 0.29) is 24.4 Å². The van der Waals surface area contributed by atoms with Gasteiger partial charge in [-0.1, -0.05) is 5.21 Å². The quantitative estimate of drug-likeness (QED) is 0.813. The van der Waals surface area contributed by atoms with E-state index in [1.54, 1.807) is 6.92 Å². The van der Waals surface area contributed by atoms with Crippen molar-refractivity contribution in [2.75, 3.05) is 13.6 Å². The number of carbonyl (C=O) groups excluding carboxylic acids is 1. The fourth-order valence-electron chi connectivity index (χ4n) is 2.09. The molecule has 0 aliphatic carbocycles. The lowest BCUT2D eigenvalue weighted by Gasteiger charge is -2.14. The predicted molar refractivity (Wildman–Crippen MR) is 81.9 cm³/mol. The van der Waals surface area contributed by atoms with Crippen molar-refractivity contribution in [2.24, 2.45) is 0 Å². The van der Waals surface area contributed by atoms with Gasteiger partial charge in [0.25, 0.3) is 5.91 Å². The van der Waals surface area contributed by atoms with E-state index in [1.165, 1.54) is 40.9 Å². The van der Waals surface area contributed by atoms with Gasteiger partial charge in [0.15, 0.2) is 5.69 Å². The summed E-state index contributed by atoms with van der Waals surface area (Å²) in [5.74, 6) is -1.46. The van der Waals surface area contributed by atoms with Gasteiger partial charge in [0.2, 0.25) is 0 Å². The van der Waals surface area contributed by atoms with Crippen molar-refractivity contribution in [3.05, 3.63) is 35.7 Å². The Hall–Kier alpha value is -3.04. The van der Waals surface area contributed by atoms with E-state index < -0.39 is 18.5 Å². The molecule has 0 radical (unpaired) electrons. The molecule has 0 fully saturated rings. The Morgan fingerprint density at radius 2 is 1.96 bits per heavy atom. The van der Waals surface area contributed by atoms with Crippen LogP contribution in [-0.2, 0) is 4.79 Å². The minimum Gasteiger partial charge on any atom is -0.481 e. The SMILES string of the molecule is Cc1c(C(=O)N(C)CCC(=O)O)nnn1-c1ccc(OC(F)F)cc1. The number of amides is 1. The van der Waals surface area contributed by atoms with E-state index in [0.717, 1.165) is 0 Å². The zero-order valence-electron chi connectivity index (χ0n) is 13.5. The first-order chi connectivity index (χ1) is 11.8. The van der Waals surface area contributed by atoms with E-state index in [0.29, 0.717) is 11.4 Å². The standard InChI is InChI=1S/C15H16F2N4O4/c1-9-13(14(24)20(2)8-7-12(22)23)18-19-21(9)10-3-5-11(6-4-10)25-15(16)17/h3-6,15H,7-8H2,1-2H3,(H,22,23). The molecule has 0 bridgehead atoms. The zero-order valence-corrected chi connectivity index (χ0v) is 13.5. The van der Waals surface area contributed by atoms with Crippen molar-refractivity contribution in [1.82, 2.24) is 19.9 Å². The zero-order chi connectivity index (χ0) is 18.6. The summed E-state index contributed by atoms with van der Waals surface area (Å²) >= 11 is 0. The molecule has 1 aromatic heterocycles. The average Bonchev–Trinajstić information content (AvgIpc) is 2.93. The number of hydrogen-bond acceptors (Lipinski definition) is 5. The molecular formula is C15H16F2N4O4. The average molecular weight is 354 g/mol. The normalized spacial score (nSPS) is 10.8. The van der Waals surface area contributed by atoms with Gasteiger partial charge in [-0.05, 0) is 31.2 Å². The molecule has 2 rings (SSSR count). The topological polar surface area (TPSA) is 97.5 Å². The van der Waals surface area contributed by atoms with Crippen LogP contribution in [0.2, 0.25) is 0 Å². The molecule has 8 nitrogen and oxygen atoms in total. The van der Waals surface area contributed by atoms with Gasteiger partial charge in [-0.2, -0.15) is 8.78 Å². The van der Waals surface area contributed by atoms with Crippen molar-refractivity contribution in [1.29, 1.82) is 0 Å². The number of ether oxygens (including phenoxy) is 1. The number of alkyl halides is 2. The second-order valence-electron chi connectivity index (χ2n) is 5.18. The number of carboxylic acids is 1. The molecule has 0 saturated carbocycles. The summed E-state index contributed by atoms with van der Waals surface area (Å²) in [5.41, 5.74) is 1.04. The third-order valence-electron chi connectivity index (χ3n) is 3.41. The molecule has 0 saturated heterocycles. The van der Waals surface area contributed by atoms with E-state index in [9.17, 15) is 18.4 Å². The Kier molecular flexibility index (Phi) is 5.63. The monoisotopic (exact) mass is 354 g/mol. The highest BCUT2D eigenvalue weighted by Gasteiger charge is 2.21. The van der Waals surface area contributed by atoms with Crippen LogP contribution in [0.1, 0.15) is 22.6 Å². The van der Waals surface area contributed by atoms with Crippen molar-refractivity contribution in [3.63, 3.8) is 0 Å². The minimum atomic E-state index is -2.91. The molecule has 10 heteroatoms. The van der Waals surface area contributed by atoms with Gasteiger partial charge in [0, 0.05) is 13.6 Å². The molecule has 1 aromatic carbocycles. The summed E-state index contributed by atoms with van der Waals surface area (Å²) in [6.45, 7) is -1.24. The van der Waals surface area contributed by atoms with Gasteiger partial charge < -0.3 is 14.7 Å². The van der Waals surface area contributed by atoms with Crippen LogP contribution < -0.4 is 4.74 Å². The van der Waals surface area contributed by atoms with E-state index >= 15 is 0 Å². The Bertz CT molecular complexity index is 761. The highest BCUT2D eigenvalue weighted by atomic mass is 19.3. The molecule has 2 aromatic rings. The van der Waals surface area contributed by atoms with Crippen LogP contribution >= 0.6 is 0 Å². The van der Waals surface area contributed by atoms with Crippen LogP contribution in [0.25, 0.3) is 5.69 Å². The highest BCUT2D eigenvalue weighted by molar-refractivity contribution is 5.93. The van der Waals surface area contributed by atoms with Crippen molar-refractivity contribution in [3.8, 4) is 11.4 Å². The van der Waals surface area contributed by atoms with Crippen molar-refractivity contribution in [2.45, 2.75) is 20.0 Å². The maximum Gasteiger partial charge on any atom is 0.387 e. The van der Waals surface area contributed by atoms with Crippen LogP contribution in [0.15, 0.2) is 24.3 Å². The summed E-state index contributed by atoms with van der Waals surface area (Å²) in [7, 11) is 1.47. The largest absolute Gasteiger partial charge is 0.481 e. The fourth-order valence-corrected chi connectivity index (χ4v) is 2.09. The van der Waals surface area contributed by atoms with Gasteiger partial charge in [-0.3, -0.25) is 9.59 Å². The maximum atomic E-state index is 12.3. The Balaban J connectivity index is 2.17. The lowest BCUT2D eigenvalue weighted by atomic mass is 10.2. The predicted octanol–water partition coefficient (Wildman–Crippen LogP) is 1.72. The van der Waals surface area contributed by atoms with Crippen LogP contribution in [0, 0.1) is 6.92 Å². The molecule has 0 aliphatic heterocycles. The third kappa shape index (κ3) is 4.49. The Labute approximate surface area is 141 Å². The molecule has 1 heterocycles. The molecule has 1 amide bonds. The van der Waals surface area contributed by atoms with Crippen LogP contribution in [0.3, 0.4) is 0 Å². The van der Waals surface area contributed by atoms with Gasteiger partial charge in [-0.25, -0.2) is 4.68 Å². The second-order valence-corrected chi connectivity index (χ2v) is 5.18. The second kappa shape index (κ2) is 7.69.